The second kappa shape index (κ2) is 7.48. The highest BCUT2D eigenvalue weighted by Gasteiger charge is 2.15. The van der Waals surface area contributed by atoms with Gasteiger partial charge in [-0.2, -0.15) is 0 Å². The SMILES string of the molecule is CCCn1nnnc1NC(=S)NC(=O)c1cccc(Cl)c1Cl. The summed E-state index contributed by atoms with van der Waals surface area (Å²) in [6.07, 6.45) is 0.858. The molecule has 2 N–H and O–H groups in total. The van der Waals surface area contributed by atoms with Gasteiger partial charge in [0.2, 0.25) is 5.95 Å². The van der Waals surface area contributed by atoms with Gasteiger partial charge >= 0.3 is 0 Å². The number of halogens is 2. The van der Waals surface area contributed by atoms with Gasteiger partial charge in [-0.25, -0.2) is 4.68 Å². The lowest BCUT2D eigenvalue weighted by molar-refractivity contribution is 0.0978. The lowest BCUT2D eigenvalue weighted by Gasteiger charge is -2.10. The monoisotopic (exact) mass is 358 g/mol. The molecule has 2 aromatic rings. The molecule has 1 heterocycles. The van der Waals surface area contributed by atoms with Gasteiger partial charge in [-0.1, -0.05) is 41.3 Å². The van der Waals surface area contributed by atoms with Gasteiger partial charge in [0.15, 0.2) is 5.11 Å². The van der Waals surface area contributed by atoms with Gasteiger partial charge in [0, 0.05) is 6.54 Å². The maximum Gasteiger partial charge on any atom is 0.258 e. The molecule has 0 bridgehead atoms. The highest BCUT2D eigenvalue weighted by Crippen LogP contribution is 2.25. The highest BCUT2D eigenvalue weighted by molar-refractivity contribution is 7.80. The number of hydrogen-bond donors (Lipinski definition) is 2. The van der Waals surface area contributed by atoms with Gasteiger partial charge in [0.25, 0.3) is 5.91 Å². The van der Waals surface area contributed by atoms with E-state index >= 15 is 0 Å². The van der Waals surface area contributed by atoms with Gasteiger partial charge < -0.3 is 0 Å². The van der Waals surface area contributed by atoms with Gasteiger partial charge in [-0.3, -0.25) is 15.4 Å². The largest absolute Gasteiger partial charge is 0.300 e. The molecule has 0 radical (unpaired) electrons. The van der Waals surface area contributed by atoms with E-state index in [1.807, 2.05) is 6.92 Å². The Kier molecular flexibility index (Phi) is 5.64. The van der Waals surface area contributed by atoms with Gasteiger partial charge in [-0.15, -0.1) is 0 Å². The van der Waals surface area contributed by atoms with Crippen LogP contribution in [0.3, 0.4) is 0 Å². The molecule has 0 aliphatic carbocycles. The zero-order valence-electron chi connectivity index (χ0n) is 11.5. The van der Waals surface area contributed by atoms with E-state index in [1.54, 1.807) is 22.9 Å². The topological polar surface area (TPSA) is 84.7 Å². The van der Waals surface area contributed by atoms with Crippen molar-refractivity contribution in [2.45, 2.75) is 19.9 Å². The minimum absolute atomic E-state index is 0.0631. The second-order valence-corrected chi connectivity index (χ2v) is 5.43. The van der Waals surface area contributed by atoms with Crippen molar-refractivity contribution in [1.29, 1.82) is 0 Å². The number of thiocarbonyl (C=S) groups is 1. The number of nitrogens with one attached hydrogen (secondary N) is 2. The molecule has 10 heteroatoms. The minimum atomic E-state index is -0.473. The third-order valence-corrected chi connectivity index (χ3v) is 3.64. The molecule has 0 fully saturated rings. The molecule has 116 valence electrons. The van der Waals surface area contributed by atoms with E-state index in [4.69, 9.17) is 35.4 Å². The molecule has 1 aromatic carbocycles. The summed E-state index contributed by atoms with van der Waals surface area (Å²) in [7, 11) is 0. The second-order valence-electron chi connectivity index (χ2n) is 4.24. The van der Waals surface area contributed by atoms with E-state index in [2.05, 4.69) is 26.2 Å². The number of amides is 1. The number of aromatic nitrogens is 4. The molecule has 1 aromatic heterocycles. The summed E-state index contributed by atoms with van der Waals surface area (Å²) in [5, 5.41) is 16.9. The van der Waals surface area contributed by atoms with Gasteiger partial charge in [-0.05, 0) is 41.2 Å². The summed E-state index contributed by atoms with van der Waals surface area (Å²) >= 11 is 16.9. The molecular formula is C12H12Cl2N6OS. The number of benzene rings is 1. The Hall–Kier alpha value is -1.77. The standard InChI is InChI=1S/C12H12Cl2N6OS/c1-2-6-20-11(17-18-19-20)16-12(22)15-10(21)7-4-3-5-8(13)9(7)14/h3-5H,2,6H2,1H3,(H2,15,16,17,19,21,22). The molecule has 0 saturated carbocycles. The van der Waals surface area contributed by atoms with Crippen molar-refractivity contribution in [3.8, 4) is 0 Å². The summed E-state index contributed by atoms with van der Waals surface area (Å²) in [5.74, 6) is -0.121. The lowest BCUT2D eigenvalue weighted by Crippen LogP contribution is -2.35. The van der Waals surface area contributed by atoms with E-state index < -0.39 is 5.91 Å². The summed E-state index contributed by atoms with van der Waals surface area (Å²) in [4.78, 5) is 12.1. The molecule has 7 nitrogen and oxygen atoms in total. The van der Waals surface area contributed by atoms with Crippen molar-refractivity contribution < 1.29 is 4.79 Å². The molecule has 22 heavy (non-hydrogen) atoms. The number of nitrogens with zero attached hydrogens (tertiary/aromatic N) is 4. The Morgan fingerprint density at radius 1 is 1.41 bits per heavy atom. The summed E-state index contributed by atoms with van der Waals surface area (Å²) in [6, 6.07) is 4.77. The fourth-order valence-electron chi connectivity index (χ4n) is 1.64. The fraction of sp³-hybridized carbons (Fsp3) is 0.250. The van der Waals surface area contributed by atoms with Gasteiger partial charge in [0.05, 0.1) is 15.6 Å². The van der Waals surface area contributed by atoms with E-state index in [1.165, 1.54) is 0 Å². The van der Waals surface area contributed by atoms with Crippen molar-refractivity contribution in [2.75, 3.05) is 5.32 Å². The Labute approximate surface area is 142 Å². The van der Waals surface area contributed by atoms with Crippen molar-refractivity contribution in [1.82, 2.24) is 25.5 Å². The molecule has 2 rings (SSSR count). The summed E-state index contributed by atoms with van der Waals surface area (Å²) < 4.78 is 1.55. The number of aryl methyl sites for hydroxylation is 1. The summed E-state index contributed by atoms with van der Waals surface area (Å²) in [5.41, 5.74) is 0.228. The van der Waals surface area contributed by atoms with Crippen LogP contribution in [-0.4, -0.2) is 31.2 Å². The zero-order valence-corrected chi connectivity index (χ0v) is 13.8. The number of tetrazole rings is 1. The van der Waals surface area contributed by atoms with Crippen LogP contribution in [-0.2, 0) is 6.54 Å². The Morgan fingerprint density at radius 2 is 2.18 bits per heavy atom. The van der Waals surface area contributed by atoms with Crippen LogP contribution < -0.4 is 10.6 Å². The Morgan fingerprint density at radius 3 is 2.91 bits per heavy atom. The molecule has 0 spiro atoms. The number of carbonyl (C=O) groups is 1. The summed E-state index contributed by atoms with van der Waals surface area (Å²) in [6.45, 7) is 2.62. The van der Waals surface area contributed by atoms with E-state index in [0.717, 1.165) is 6.42 Å². The number of anilines is 1. The van der Waals surface area contributed by atoms with Crippen LogP contribution in [0.1, 0.15) is 23.7 Å². The fourth-order valence-corrected chi connectivity index (χ4v) is 2.21. The zero-order chi connectivity index (χ0) is 16.1. The first-order valence-corrected chi connectivity index (χ1v) is 7.51. The van der Waals surface area contributed by atoms with Crippen LogP contribution in [0.5, 0.6) is 0 Å². The maximum absolute atomic E-state index is 12.1. The van der Waals surface area contributed by atoms with Crippen molar-refractivity contribution in [2.24, 2.45) is 0 Å². The van der Waals surface area contributed by atoms with Crippen LogP contribution in [0.15, 0.2) is 18.2 Å². The van der Waals surface area contributed by atoms with E-state index in [0.29, 0.717) is 17.5 Å². The maximum atomic E-state index is 12.1. The van der Waals surface area contributed by atoms with Gasteiger partial charge in [0.1, 0.15) is 0 Å². The van der Waals surface area contributed by atoms with Crippen LogP contribution in [0, 0.1) is 0 Å². The average molecular weight is 359 g/mol. The van der Waals surface area contributed by atoms with Crippen LogP contribution in [0.25, 0.3) is 0 Å². The Balaban J connectivity index is 2.04. The first kappa shape index (κ1) is 16.6. The van der Waals surface area contributed by atoms with E-state index in [-0.39, 0.29) is 15.7 Å². The van der Waals surface area contributed by atoms with Crippen molar-refractivity contribution >= 4 is 52.4 Å². The molecule has 0 unspecified atom stereocenters. The van der Waals surface area contributed by atoms with Crippen molar-refractivity contribution in [3.05, 3.63) is 33.8 Å². The molecule has 0 atom stereocenters. The number of rotatable bonds is 4. The number of hydrogen-bond acceptors (Lipinski definition) is 5. The smallest absolute Gasteiger partial charge is 0.258 e. The first-order valence-electron chi connectivity index (χ1n) is 6.35. The molecular weight excluding hydrogens is 347 g/mol. The number of carbonyl (C=O) groups excluding carboxylic acids is 1. The third kappa shape index (κ3) is 3.90. The average Bonchev–Trinajstić information content (AvgIpc) is 2.89. The Bertz CT molecular complexity index is 705. The minimum Gasteiger partial charge on any atom is -0.300 e. The van der Waals surface area contributed by atoms with Crippen LogP contribution in [0.2, 0.25) is 10.0 Å². The first-order chi connectivity index (χ1) is 10.5. The molecule has 0 aliphatic heterocycles. The molecule has 0 saturated heterocycles. The third-order valence-electron chi connectivity index (χ3n) is 2.62. The van der Waals surface area contributed by atoms with E-state index in [9.17, 15) is 4.79 Å². The molecule has 0 aliphatic rings. The quantitative estimate of drug-likeness (QED) is 0.816. The van der Waals surface area contributed by atoms with Crippen molar-refractivity contribution in [3.63, 3.8) is 0 Å². The van der Waals surface area contributed by atoms with Crippen LogP contribution >= 0.6 is 35.4 Å². The predicted molar refractivity (Wildman–Crippen MR) is 88.3 cm³/mol. The highest BCUT2D eigenvalue weighted by atomic mass is 35.5. The van der Waals surface area contributed by atoms with Crippen LogP contribution in [0.4, 0.5) is 5.95 Å². The lowest BCUT2D eigenvalue weighted by atomic mass is 10.2. The predicted octanol–water partition coefficient (Wildman–Crippen LogP) is 2.52. The normalized spacial score (nSPS) is 10.3. The molecule has 1 amide bonds.